The Morgan fingerprint density at radius 2 is 2.29 bits per heavy atom. The van der Waals surface area contributed by atoms with Crippen molar-refractivity contribution in [3.8, 4) is 0 Å². The van der Waals surface area contributed by atoms with Gasteiger partial charge in [-0.2, -0.15) is 4.98 Å². The van der Waals surface area contributed by atoms with E-state index in [0.717, 1.165) is 23.8 Å². The van der Waals surface area contributed by atoms with Crippen molar-refractivity contribution >= 4 is 32.0 Å². The molecule has 0 aliphatic rings. The number of hydrogen-bond acceptors (Lipinski definition) is 9. The van der Waals surface area contributed by atoms with Crippen LogP contribution in [0, 0.1) is 10.1 Å². The second kappa shape index (κ2) is 6.15. The van der Waals surface area contributed by atoms with E-state index >= 15 is 0 Å². The Morgan fingerprint density at radius 3 is 2.86 bits per heavy atom. The van der Waals surface area contributed by atoms with E-state index in [1.54, 1.807) is 6.92 Å². The molecule has 0 unspecified atom stereocenters. The minimum atomic E-state index is -3.89. The highest BCUT2D eigenvalue weighted by Gasteiger charge is 2.26. The largest absolute Gasteiger partial charge is 0.372 e. The minimum absolute atomic E-state index is 0.159. The maximum absolute atomic E-state index is 12.1. The van der Waals surface area contributed by atoms with Gasteiger partial charge in [-0.15, -0.1) is 0 Å². The van der Waals surface area contributed by atoms with E-state index in [-0.39, 0.29) is 27.3 Å². The maximum Gasteiger partial charge on any atom is 0.304 e. The molecule has 0 spiro atoms. The molecule has 10 nitrogen and oxygen atoms in total. The van der Waals surface area contributed by atoms with Crippen molar-refractivity contribution in [2.75, 3.05) is 11.9 Å². The number of anilines is 1. The van der Waals surface area contributed by atoms with Crippen LogP contribution in [0.2, 0.25) is 0 Å². The highest BCUT2D eigenvalue weighted by atomic mass is 32.2. The predicted molar refractivity (Wildman–Crippen MR) is 73.5 cm³/mol. The summed E-state index contributed by atoms with van der Waals surface area (Å²) in [5, 5.41) is 17.3. The normalized spacial score (nSPS) is 11.5. The maximum atomic E-state index is 12.1. The number of nitrogens with one attached hydrogen (secondary N) is 2. The van der Waals surface area contributed by atoms with E-state index in [2.05, 4.69) is 24.7 Å². The molecule has 2 aromatic heterocycles. The van der Waals surface area contributed by atoms with Gasteiger partial charge in [0, 0.05) is 12.6 Å². The average Bonchev–Trinajstić information content (AvgIpc) is 3.06. The Bertz CT molecular complexity index is 724. The number of nitrogens with zero attached hydrogens (tertiary/aromatic N) is 3. The Kier molecular flexibility index (Phi) is 4.50. The van der Waals surface area contributed by atoms with Crippen molar-refractivity contribution in [1.82, 2.24) is 14.9 Å². The molecule has 0 radical (unpaired) electrons. The molecule has 0 atom stereocenters. The molecule has 2 heterocycles. The first-order valence-electron chi connectivity index (χ1n) is 5.71. The quantitative estimate of drug-likeness (QED) is 0.563. The van der Waals surface area contributed by atoms with Crippen LogP contribution in [0.3, 0.4) is 0 Å². The summed E-state index contributed by atoms with van der Waals surface area (Å²) < 4.78 is 30.7. The fourth-order valence-electron chi connectivity index (χ4n) is 1.42. The lowest BCUT2D eigenvalue weighted by Gasteiger charge is -2.00. The SMILES string of the molecule is CCNc1sc(S(=O)(=O)NCc2ncon2)cc1[N+](=O)[O-]. The number of sulfonamides is 1. The van der Waals surface area contributed by atoms with Gasteiger partial charge < -0.3 is 9.84 Å². The van der Waals surface area contributed by atoms with Gasteiger partial charge in [0.15, 0.2) is 10.8 Å². The Labute approximate surface area is 123 Å². The molecule has 2 aromatic rings. The molecule has 2 N–H and O–H groups in total. The molecule has 0 saturated heterocycles. The molecule has 0 saturated carbocycles. The van der Waals surface area contributed by atoms with Crippen molar-refractivity contribution in [2.24, 2.45) is 0 Å². The third kappa shape index (κ3) is 3.53. The third-order valence-corrected chi connectivity index (χ3v) is 5.27. The summed E-state index contributed by atoms with van der Waals surface area (Å²) in [6.07, 6.45) is 1.07. The van der Waals surface area contributed by atoms with Crippen molar-refractivity contribution in [2.45, 2.75) is 17.7 Å². The van der Waals surface area contributed by atoms with E-state index in [1.165, 1.54) is 0 Å². The summed E-state index contributed by atoms with van der Waals surface area (Å²) >= 11 is 0.789. The second-order valence-corrected chi connectivity index (χ2v) is 6.79. The fraction of sp³-hybridized carbons (Fsp3) is 0.333. The lowest BCUT2D eigenvalue weighted by Crippen LogP contribution is -2.22. The molecule has 0 aromatic carbocycles. The van der Waals surface area contributed by atoms with Crippen LogP contribution in [0.15, 0.2) is 21.2 Å². The van der Waals surface area contributed by atoms with Crippen molar-refractivity contribution < 1.29 is 17.9 Å². The van der Waals surface area contributed by atoms with Crippen LogP contribution in [0.4, 0.5) is 10.7 Å². The minimum Gasteiger partial charge on any atom is -0.372 e. The highest BCUT2D eigenvalue weighted by molar-refractivity contribution is 7.91. The Hall–Kier alpha value is -2.05. The van der Waals surface area contributed by atoms with Crippen LogP contribution in [-0.2, 0) is 16.6 Å². The Morgan fingerprint density at radius 1 is 1.52 bits per heavy atom. The number of aromatic nitrogens is 2. The topological polar surface area (TPSA) is 140 Å². The van der Waals surface area contributed by atoms with Crippen LogP contribution >= 0.6 is 11.3 Å². The van der Waals surface area contributed by atoms with Gasteiger partial charge in [-0.1, -0.05) is 16.5 Å². The molecule has 0 fully saturated rings. The van der Waals surface area contributed by atoms with Crippen LogP contribution in [0.5, 0.6) is 0 Å². The molecule has 21 heavy (non-hydrogen) atoms. The Balaban J connectivity index is 2.23. The summed E-state index contributed by atoms with van der Waals surface area (Å²) in [6.45, 7) is 2.03. The molecular weight excluding hydrogens is 322 g/mol. The van der Waals surface area contributed by atoms with Gasteiger partial charge >= 0.3 is 5.69 Å². The molecule has 0 bridgehead atoms. The van der Waals surface area contributed by atoms with Gasteiger partial charge in [0.2, 0.25) is 6.39 Å². The first kappa shape index (κ1) is 15.3. The lowest BCUT2D eigenvalue weighted by molar-refractivity contribution is -0.383. The molecule has 2 rings (SSSR count). The lowest BCUT2D eigenvalue weighted by atomic mass is 10.5. The molecule has 114 valence electrons. The van der Waals surface area contributed by atoms with Gasteiger partial charge in [0.05, 0.1) is 11.5 Å². The van der Waals surface area contributed by atoms with Gasteiger partial charge in [-0.3, -0.25) is 10.1 Å². The zero-order valence-electron chi connectivity index (χ0n) is 10.8. The third-order valence-electron chi connectivity index (χ3n) is 2.32. The number of thiophene rings is 1. The van der Waals surface area contributed by atoms with E-state index in [1.807, 2.05) is 0 Å². The molecule has 0 aliphatic heterocycles. The van der Waals surface area contributed by atoms with Gasteiger partial charge in [-0.25, -0.2) is 13.1 Å². The number of rotatable bonds is 7. The van der Waals surface area contributed by atoms with E-state index < -0.39 is 14.9 Å². The van der Waals surface area contributed by atoms with Crippen molar-refractivity contribution in [1.29, 1.82) is 0 Å². The fourth-order valence-corrected chi connectivity index (χ4v) is 3.84. The van der Waals surface area contributed by atoms with Gasteiger partial charge in [0.1, 0.15) is 4.21 Å². The molecule has 12 heteroatoms. The van der Waals surface area contributed by atoms with E-state index in [0.29, 0.717) is 6.54 Å². The summed E-state index contributed by atoms with van der Waals surface area (Å²) in [5.74, 6) is 0.163. The van der Waals surface area contributed by atoms with Gasteiger partial charge in [0.25, 0.3) is 10.0 Å². The number of hydrogen-bond donors (Lipinski definition) is 2. The molecule has 0 aliphatic carbocycles. The summed E-state index contributed by atoms with van der Waals surface area (Å²) in [4.78, 5) is 13.9. The summed E-state index contributed by atoms with van der Waals surface area (Å²) in [5.41, 5.74) is -0.276. The highest BCUT2D eigenvalue weighted by Crippen LogP contribution is 2.36. The van der Waals surface area contributed by atoms with Gasteiger partial charge in [-0.05, 0) is 6.92 Å². The summed E-state index contributed by atoms with van der Waals surface area (Å²) in [6, 6.07) is 1.02. The van der Waals surface area contributed by atoms with Crippen LogP contribution in [-0.4, -0.2) is 30.0 Å². The molecule has 0 amide bonds. The first-order valence-corrected chi connectivity index (χ1v) is 8.01. The monoisotopic (exact) mass is 333 g/mol. The predicted octanol–water partition coefficient (Wildman–Crippen LogP) is 0.950. The zero-order valence-corrected chi connectivity index (χ0v) is 12.4. The van der Waals surface area contributed by atoms with Crippen molar-refractivity contribution in [3.05, 3.63) is 28.4 Å². The zero-order chi connectivity index (χ0) is 15.5. The second-order valence-electron chi connectivity index (χ2n) is 3.74. The van der Waals surface area contributed by atoms with E-state index in [9.17, 15) is 18.5 Å². The molecular formula is C9H11N5O5S2. The van der Waals surface area contributed by atoms with Crippen LogP contribution in [0.1, 0.15) is 12.7 Å². The number of nitro groups is 1. The van der Waals surface area contributed by atoms with E-state index in [4.69, 9.17) is 0 Å². The standard InChI is InChI=1S/C9H11N5O5S2/c1-2-10-9-6(14(15)16)3-8(20-9)21(17,18)12-4-7-11-5-19-13-7/h3,5,10,12H,2,4H2,1H3. The van der Waals surface area contributed by atoms with Crippen LogP contribution in [0.25, 0.3) is 0 Å². The summed E-state index contributed by atoms with van der Waals surface area (Å²) in [7, 11) is -3.89. The first-order chi connectivity index (χ1) is 9.94. The average molecular weight is 333 g/mol. The van der Waals surface area contributed by atoms with Crippen molar-refractivity contribution in [3.63, 3.8) is 0 Å². The smallest absolute Gasteiger partial charge is 0.304 e. The van der Waals surface area contributed by atoms with Crippen LogP contribution < -0.4 is 10.0 Å².